The molecule has 8 heavy (non-hydrogen) atoms. The molecule has 0 aliphatic heterocycles. The van der Waals surface area contributed by atoms with Gasteiger partial charge in [-0.2, -0.15) is 0 Å². The summed E-state index contributed by atoms with van der Waals surface area (Å²) in [6.07, 6.45) is 0. The minimum Gasteiger partial charge on any atom is -0.394 e. The highest BCUT2D eigenvalue weighted by Gasteiger charge is 1.83. The van der Waals surface area contributed by atoms with Gasteiger partial charge in [0.2, 0.25) is 0 Å². The van der Waals surface area contributed by atoms with Crippen molar-refractivity contribution in [1.29, 1.82) is 0 Å². The predicted octanol–water partition coefficient (Wildman–Crippen LogP) is 0.573. The fraction of sp³-hybridized carbons (Fsp3) is 1.00. The molecule has 0 bridgehead atoms. The monoisotopic (exact) mass is 154 g/mol. The van der Waals surface area contributed by atoms with E-state index in [9.17, 15) is 0 Å². The van der Waals surface area contributed by atoms with Crippen LogP contribution in [0, 0.1) is 0 Å². The summed E-state index contributed by atoms with van der Waals surface area (Å²) in [5.74, 6) is 0.878. The second-order valence-electron chi connectivity index (χ2n) is 1.17. The van der Waals surface area contributed by atoms with E-state index < -0.39 is 0 Å². The SMILES string of the molecule is OCCOCCSS. The number of rotatable bonds is 5. The first-order valence-corrected chi connectivity index (χ1v) is 4.40. The summed E-state index contributed by atoms with van der Waals surface area (Å²) >= 11 is 3.90. The smallest absolute Gasteiger partial charge is 0.0698 e. The Kier molecular flexibility index (Phi) is 8.21. The molecule has 0 heterocycles. The maximum atomic E-state index is 8.21. The zero-order chi connectivity index (χ0) is 6.24. The molecule has 0 amide bonds. The van der Waals surface area contributed by atoms with Crippen LogP contribution in [0.3, 0.4) is 0 Å². The van der Waals surface area contributed by atoms with Gasteiger partial charge in [0, 0.05) is 5.75 Å². The Morgan fingerprint density at radius 2 is 2.25 bits per heavy atom. The number of ether oxygens (including phenoxy) is 1. The third-order valence-electron chi connectivity index (χ3n) is 0.555. The maximum Gasteiger partial charge on any atom is 0.0698 e. The van der Waals surface area contributed by atoms with Crippen molar-refractivity contribution in [1.82, 2.24) is 0 Å². The average molecular weight is 154 g/mol. The van der Waals surface area contributed by atoms with Gasteiger partial charge in [0.25, 0.3) is 0 Å². The largest absolute Gasteiger partial charge is 0.394 e. The molecular weight excluding hydrogens is 144 g/mol. The molecule has 0 aromatic carbocycles. The second-order valence-corrected chi connectivity index (χ2v) is 2.61. The first kappa shape index (κ1) is 8.62. The number of hydrogen-bond donors (Lipinski definition) is 2. The quantitative estimate of drug-likeness (QED) is 0.345. The van der Waals surface area contributed by atoms with E-state index in [1.807, 2.05) is 0 Å². The Hall–Kier alpha value is 0.620. The van der Waals surface area contributed by atoms with Crippen molar-refractivity contribution in [3.05, 3.63) is 0 Å². The molecule has 0 fully saturated rings. The van der Waals surface area contributed by atoms with Gasteiger partial charge in [-0.25, -0.2) is 0 Å². The van der Waals surface area contributed by atoms with Gasteiger partial charge in [-0.15, -0.1) is 11.7 Å². The van der Waals surface area contributed by atoms with E-state index >= 15 is 0 Å². The predicted molar refractivity (Wildman–Crippen MR) is 39.3 cm³/mol. The molecule has 2 nitrogen and oxygen atoms in total. The highest BCUT2D eigenvalue weighted by atomic mass is 33.1. The molecule has 0 aliphatic carbocycles. The van der Waals surface area contributed by atoms with Gasteiger partial charge in [0.1, 0.15) is 0 Å². The van der Waals surface area contributed by atoms with Crippen LogP contribution in [-0.4, -0.2) is 30.7 Å². The van der Waals surface area contributed by atoms with E-state index in [4.69, 9.17) is 9.84 Å². The summed E-state index contributed by atoms with van der Waals surface area (Å²) in [6, 6.07) is 0. The van der Waals surface area contributed by atoms with Crippen LogP contribution in [0.4, 0.5) is 0 Å². The summed E-state index contributed by atoms with van der Waals surface area (Å²) in [4.78, 5) is 0. The molecular formula is C4H10O2S2. The highest BCUT2D eigenvalue weighted by molar-refractivity contribution is 8.68. The second kappa shape index (κ2) is 7.62. The van der Waals surface area contributed by atoms with Crippen molar-refractivity contribution < 1.29 is 9.84 Å². The van der Waals surface area contributed by atoms with Crippen molar-refractivity contribution in [2.45, 2.75) is 0 Å². The van der Waals surface area contributed by atoms with Crippen molar-refractivity contribution in [3.63, 3.8) is 0 Å². The summed E-state index contributed by atoms with van der Waals surface area (Å²) in [7, 11) is 1.44. The summed E-state index contributed by atoms with van der Waals surface area (Å²) in [5, 5.41) is 8.21. The van der Waals surface area contributed by atoms with Crippen LogP contribution in [-0.2, 0) is 4.74 Å². The van der Waals surface area contributed by atoms with E-state index in [1.165, 1.54) is 10.8 Å². The average Bonchev–Trinajstić information content (AvgIpc) is 1.81. The fourth-order valence-electron chi connectivity index (χ4n) is 0.263. The molecule has 0 aromatic heterocycles. The Balaban J connectivity index is 2.53. The normalized spacial score (nSPS) is 9.75. The van der Waals surface area contributed by atoms with Gasteiger partial charge in [-0.3, -0.25) is 0 Å². The van der Waals surface area contributed by atoms with Gasteiger partial charge in [-0.1, -0.05) is 10.8 Å². The maximum absolute atomic E-state index is 8.21. The highest BCUT2D eigenvalue weighted by Crippen LogP contribution is 2.02. The van der Waals surface area contributed by atoms with Crippen LogP contribution < -0.4 is 0 Å². The van der Waals surface area contributed by atoms with Crippen LogP contribution in [0.15, 0.2) is 0 Å². The minimum absolute atomic E-state index is 0.108. The first-order chi connectivity index (χ1) is 3.91. The molecule has 0 rings (SSSR count). The Morgan fingerprint density at radius 1 is 1.50 bits per heavy atom. The Morgan fingerprint density at radius 3 is 2.75 bits per heavy atom. The van der Waals surface area contributed by atoms with E-state index in [2.05, 4.69) is 11.7 Å². The molecule has 4 heteroatoms. The van der Waals surface area contributed by atoms with E-state index in [0.29, 0.717) is 13.2 Å². The molecule has 0 saturated heterocycles. The van der Waals surface area contributed by atoms with Gasteiger partial charge >= 0.3 is 0 Å². The molecule has 0 atom stereocenters. The number of aliphatic hydroxyl groups excluding tert-OH is 1. The zero-order valence-corrected chi connectivity index (χ0v) is 6.25. The lowest BCUT2D eigenvalue weighted by Gasteiger charge is -1.96. The van der Waals surface area contributed by atoms with Crippen LogP contribution in [0.25, 0.3) is 0 Å². The lowest BCUT2D eigenvalue weighted by molar-refractivity contribution is 0.103. The summed E-state index contributed by atoms with van der Waals surface area (Å²) < 4.78 is 4.90. The lowest BCUT2D eigenvalue weighted by atomic mass is 10.7. The van der Waals surface area contributed by atoms with Crippen LogP contribution in [0.2, 0.25) is 0 Å². The number of thiol groups is 1. The Labute approximate surface area is 58.4 Å². The molecule has 1 N–H and O–H groups in total. The summed E-state index contributed by atoms with van der Waals surface area (Å²) in [5.41, 5.74) is 0. The molecule has 0 radical (unpaired) electrons. The number of hydrogen-bond acceptors (Lipinski definition) is 4. The fourth-order valence-corrected chi connectivity index (χ4v) is 0.679. The third-order valence-corrected chi connectivity index (χ3v) is 1.45. The third kappa shape index (κ3) is 6.62. The zero-order valence-electron chi connectivity index (χ0n) is 4.54. The van der Waals surface area contributed by atoms with Crippen LogP contribution >= 0.6 is 22.5 Å². The lowest BCUT2D eigenvalue weighted by Crippen LogP contribution is -2.01. The Bertz CT molecular complexity index is 37.0. The topological polar surface area (TPSA) is 29.5 Å². The van der Waals surface area contributed by atoms with E-state index in [-0.39, 0.29) is 6.61 Å². The van der Waals surface area contributed by atoms with Crippen molar-refractivity contribution >= 4 is 22.5 Å². The summed E-state index contributed by atoms with van der Waals surface area (Å²) in [6.45, 7) is 1.22. The minimum atomic E-state index is 0.108. The molecule has 0 unspecified atom stereocenters. The van der Waals surface area contributed by atoms with Gasteiger partial charge in [0.05, 0.1) is 19.8 Å². The van der Waals surface area contributed by atoms with E-state index in [0.717, 1.165) is 5.75 Å². The molecule has 0 saturated carbocycles. The first-order valence-electron chi connectivity index (χ1n) is 2.36. The molecule has 0 aromatic rings. The van der Waals surface area contributed by atoms with Crippen molar-refractivity contribution in [2.75, 3.05) is 25.6 Å². The number of aliphatic hydroxyl groups is 1. The van der Waals surface area contributed by atoms with Crippen molar-refractivity contribution in [2.24, 2.45) is 0 Å². The molecule has 0 aliphatic rings. The van der Waals surface area contributed by atoms with Crippen molar-refractivity contribution in [3.8, 4) is 0 Å². The molecule has 0 spiro atoms. The van der Waals surface area contributed by atoms with Crippen LogP contribution in [0.1, 0.15) is 0 Å². The standard InChI is InChI=1S/C4H10O2S2/c5-1-2-6-3-4-8-7/h5,7H,1-4H2. The van der Waals surface area contributed by atoms with Gasteiger partial charge in [0.15, 0.2) is 0 Å². The van der Waals surface area contributed by atoms with Gasteiger partial charge < -0.3 is 9.84 Å². The molecule has 50 valence electrons. The van der Waals surface area contributed by atoms with Gasteiger partial charge in [-0.05, 0) is 0 Å². The van der Waals surface area contributed by atoms with Crippen LogP contribution in [0.5, 0.6) is 0 Å². The van der Waals surface area contributed by atoms with E-state index in [1.54, 1.807) is 0 Å².